The summed E-state index contributed by atoms with van der Waals surface area (Å²) in [4.78, 5) is 23.4. The van der Waals surface area contributed by atoms with Gasteiger partial charge in [0.15, 0.2) is 5.65 Å². The third kappa shape index (κ3) is 7.02. The van der Waals surface area contributed by atoms with E-state index in [2.05, 4.69) is 67.4 Å². The van der Waals surface area contributed by atoms with Crippen LogP contribution in [0.2, 0.25) is 0 Å². The fourth-order valence-corrected chi connectivity index (χ4v) is 4.05. The number of amides is 1. The number of rotatable bonds is 13. The summed E-state index contributed by atoms with van der Waals surface area (Å²) in [5, 5.41) is 14.2. The van der Waals surface area contributed by atoms with Gasteiger partial charge >= 0.3 is 0 Å². The second-order valence-electron chi connectivity index (χ2n) is 9.03. The molecular weight excluding hydrogens is 440 g/mol. The van der Waals surface area contributed by atoms with Crippen molar-refractivity contribution >= 4 is 29.1 Å². The number of aryl methyl sites for hydroxylation is 1. The van der Waals surface area contributed by atoms with E-state index in [1.807, 2.05) is 30.5 Å². The van der Waals surface area contributed by atoms with Crippen LogP contribution in [0.3, 0.4) is 0 Å². The van der Waals surface area contributed by atoms with Gasteiger partial charge in [-0.3, -0.25) is 4.79 Å². The van der Waals surface area contributed by atoms with Crippen molar-refractivity contribution in [2.75, 3.05) is 30.0 Å². The SMILES string of the molecule is C=CC(=O)Nc1cccc(CNc2nc(N[C@@H](C)CC[C@H](CC)N(C)C)nc3c(CC)cnn23)c1. The van der Waals surface area contributed by atoms with Crippen LogP contribution in [0, 0.1) is 0 Å². The number of nitrogens with zero attached hydrogens (tertiary/aromatic N) is 5. The molecule has 0 aliphatic heterocycles. The number of carbonyl (C=O) groups is 1. The Morgan fingerprint density at radius 1 is 1.23 bits per heavy atom. The molecule has 0 unspecified atom stereocenters. The number of carbonyl (C=O) groups excluding carboxylic acids is 1. The van der Waals surface area contributed by atoms with Crippen LogP contribution < -0.4 is 16.0 Å². The third-order valence-corrected chi connectivity index (χ3v) is 6.16. The van der Waals surface area contributed by atoms with E-state index in [0.717, 1.165) is 42.5 Å². The largest absolute Gasteiger partial charge is 0.352 e. The van der Waals surface area contributed by atoms with Crippen LogP contribution in [0.5, 0.6) is 0 Å². The lowest BCUT2D eigenvalue weighted by Gasteiger charge is -2.24. The van der Waals surface area contributed by atoms with Crippen LogP contribution in [0.1, 0.15) is 51.2 Å². The van der Waals surface area contributed by atoms with Gasteiger partial charge in [-0.25, -0.2) is 0 Å². The van der Waals surface area contributed by atoms with Gasteiger partial charge in [0, 0.05) is 29.9 Å². The molecule has 3 N–H and O–H groups in total. The van der Waals surface area contributed by atoms with Crippen molar-refractivity contribution in [2.24, 2.45) is 0 Å². The fourth-order valence-electron chi connectivity index (χ4n) is 4.05. The lowest BCUT2D eigenvalue weighted by atomic mass is 10.0. The van der Waals surface area contributed by atoms with Gasteiger partial charge in [0.2, 0.25) is 17.8 Å². The zero-order valence-corrected chi connectivity index (χ0v) is 21.5. The summed E-state index contributed by atoms with van der Waals surface area (Å²) in [5.74, 6) is 0.967. The van der Waals surface area contributed by atoms with Crippen molar-refractivity contribution in [2.45, 2.75) is 65.1 Å². The normalized spacial score (nSPS) is 13.0. The molecule has 2 aromatic heterocycles. The average Bonchev–Trinajstić information content (AvgIpc) is 3.26. The first-order chi connectivity index (χ1) is 16.8. The van der Waals surface area contributed by atoms with E-state index in [4.69, 9.17) is 9.97 Å². The number of benzene rings is 1. The highest BCUT2D eigenvalue weighted by Gasteiger charge is 2.15. The summed E-state index contributed by atoms with van der Waals surface area (Å²) >= 11 is 0. The minimum Gasteiger partial charge on any atom is -0.352 e. The molecule has 0 saturated carbocycles. The number of fused-ring (bicyclic) bond motifs is 1. The van der Waals surface area contributed by atoms with Crippen molar-refractivity contribution in [3.8, 4) is 0 Å². The maximum Gasteiger partial charge on any atom is 0.247 e. The quantitative estimate of drug-likeness (QED) is 0.314. The Kier molecular flexibility index (Phi) is 9.19. The molecule has 9 nitrogen and oxygen atoms in total. The molecule has 0 fully saturated rings. The highest BCUT2D eigenvalue weighted by molar-refractivity contribution is 5.98. The molecule has 2 heterocycles. The summed E-state index contributed by atoms with van der Waals surface area (Å²) in [6.07, 6.45) is 7.19. The van der Waals surface area contributed by atoms with E-state index < -0.39 is 0 Å². The van der Waals surface area contributed by atoms with Gasteiger partial charge in [0.05, 0.1) is 6.20 Å². The molecular formula is C26H38N8O. The van der Waals surface area contributed by atoms with Crippen LogP contribution in [0.25, 0.3) is 5.65 Å². The maximum atomic E-state index is 11.6. The van der Waals surface area contributed by atoms with Crippen LogP contribution >= 0.6 is 0 Å². The van der Waals surface area contributed by atoms with Crippen molar-refractivity contribution in [1.82, 2.24) is 24.5 Å². The predicted molar refractivity (Wildman–Crippen MR) is 143 cm³/mol. The Bertz CT molecular complexity index is 1140. The molecule has 3 aromatic rings. The van der Waals surface area contributed by atoms with Gasteiger partial charge in [-0.1, -0.05) is 32.6 Å². The number of nitrogens with one attached hydrogen (secondary N) is 3. The Labute approximate surface area is 208 Å². The summed E-state index contributed by atoms with van der Waals surface area (Å²) in [5.41, 5.74) is 3.58. The molecule has 1 aromatic carbocycles. The van der Waals surface area contributed by atoms with E-state index in [1.165, 1.54) is 6.08 Å². The third-order valence-electron chi connectivity index (χ3n) is 6.16. The topological polar surface area (TPSA) is 99.5 Å². The van der Waals surface area contributed by atoms with Crippen molar-refractivity contribution < 1.29 is 4.79 Å². The molecule has 188 valence electrons. The molecule has 35 heavy (non-hydrogen) atoms. The smallest absolute Gasteiger partial charge is 0.247 e. The number of anilines is 3. The van der Waals surface area contributed by atoms with Gasteiger partial charge in [0.1, 0.15) is 0 Å². The van der Waals surface area contributed by atoms with E-state index in [9.17, 15) is 4.79 Å². The Hall–Kier alpha value is -3.46. The minimum absolute atomic E-state index is 0.234. The standard InChI is InChI=1S/C26H38N8O/c1-7-20-17-28-34-24(20)31-25(29-18(4)13-14-22(8-2)33(5)6)32-26(34)27-16-19-11-10-12-21(15-19)30-23(35)9-3/h9-12,15,17-18,22H,3,7-8,13-14,16H2,1-2,4-6H3,(H,30,35)(H2,27,29,31,32)/t18-,22-/m0/s1. The zero-order valence-electron chi connectivity index (χ0n) is 21.5. The fraction of sp³-hybridized carbons (Fsp3) is 0.462. The first-order valence-corrected chi connectivity index (χ1v) is 12.3. The predicted octanol–water partition coefficient (Wildman–Crippen LogP) is 4.34. The van der Waals surface area contributed by atoms with Crippen LogP contribution in [-0.2, 0) is 17.8 Å². The highest BCUT2D eigenvalue weighted by Crippen LogP contribution is 2.19. The lowest BCUT2D eigenvalue weighted by Crippen LogP contribution is -2.29. The van der Waals surface area contributed by atoms with Crippen LogP contribution in [0.4, 0.5) is 17.6 Å². The number of hydrogen-bond acceptors (Lipinski definition) is 7. The molecule has 3 rings (SSSR count). The van der Waals surface area contributed by atoms with Crippen molar-refractivity contribution in [3.63, 3.8) is 0 Å². The molecule has 0 aliphatic carbocycles. The molecule has 1 amide bonds. The van der Waals surface area contributed by atoms with Gasteiger partial charge in [-0.15, -0.1) is 0 Å². The number of hydrogen-bond donors (Lipinski definition) is 3. The molecule has 9 heteroatoms. The van der Waals surface area contributed by atoms with Gasteiger partial charge in [-0.2, -0.15) is 19.6 Å². The lowest BCUT2D eigenvalue weighted by molar-refractivity contribution is -0.111. The van der Waals surface area contributed by atoms with Gasteiger partial charge in [0.25, 0.3) is 0 Å². The summed E-state index contributed by atoms with van der Waals surface area (Å²) in [6.45, 7) is 10.5. The summed E-state index contributed by atoms with van der Waals surface area (Å²) in [6, 6.07) is 8.46. The van der Waals surface area contributed by atoms with Crippen molar-refractivity contribution in [3.05, 3.63) is 54.2 Å². The highest BCUT2D eigenvalue weighted by atomic mass is 16.1. The monoisotopic (exact) mass is 478 g/mol. The van der Waals surface area contributed by atoms with E-state index >= 15 is 0 Å². The zero-order chi connectivity index (χ0) is 25.4. The molecule has 2 atom stereocenters. The second kappa shape index (κ2) is 12.3. The molecule has 0 aliphatic rings. The van der Waals surface area contributed by atoms with Gasteiger partial charge in [-0.05, 0) is 70.5 Å². The Balaban J connectivity index is 1.77. The van der Waals surface area contributed by atoms with Gasteiger partial charge < -0.3 is 20.9 Å². The molecule has 0 saturated heterocycles. The van der Waals surface area contributed by atoms with E-state index in [-0.39, 0.29) is 11.9 Å². The Morgan fingerprint density at radius 2 is 2.03 bits per heavy atom. The second-order valence-corrected chi connectivity index (χ2v) is 9.03. The molecule has 0 bridgehead atoms. The average molecular weight is 479 g/mol. The maximum absolute atomic E-state index is 11.6. The van der Waals surface area contributed by atoms with E-state index in [0.29, 0.717) is 30.2 Å². The first-order valence-electron chi connectivity index (χ1n) is 12.3. The Morgan fingerprint density at radius 3 is 2.71 bits per heavy atom. The summed E-state index contributed by atoms with van der Waals surface area (Å²) < 4.78 is 1.75. The molecule has 0 spiro atoms. The van der Waals surface area contributed by atoms with Crippen molar-refractivity contribution in [1.29, 1.82) is 0 Å². The summed E-state index contributed by atoms with van der Waals surface area (Å²) in [7, 11) is 4.27. The van der Waals surface area contributed by atoms with Crippen LogP contribution in [-0.4, -0.2) is 56.6 Å². The molecule has 0 radical (unpaired) electrons. The van der Waals surface area contributed by atoms with E-state index in [1.54, 1.807) is 4.52 Å². The number of aromatic nitrogens is 4. The minimum atomic E-state index is -0.239. The first kappa shape index (κ1) is 26.2. The van der Waals surface area contributed by atoms with Crippen LogP contribution in [0.15, 0.2) is 43.1 Å².